The quantitative estimate of drug-likeness (QED) is 0.281. The van der Waals surface area contributed by atoms with Crippen molar-refractivity contribution in [3.8, 4) is 5.75 Å². The summed E-state index contributed by atoms with van der Waals surface area (Å²) < 4.78 is 4.87. The monoisotopic (exact) mass is 362 g/mol. The molecule has 5 heteroatoms. The summed E-state index contributed by atoms with van der Waals surface area (Å²) in [7, 11) is 1.39. The molecule has 0 bridgehead atoms. The molecule has 1 aromatic rings. The Morgan fingerprint density at radius 1 is 1.04 bits per heavy atom. The molecule has 5 nitrogen and oxygen atoms in total. The smallest absolute Gasteiger partial charge is 0.323 e. The molecule has 0 amide bonds. The highest BCUT2D eigenvalue weighted by Gasteiger charge is 2.18. The minimum atomic E-state index is -0.414. The number of ether oxygens (including phenoxy) is 1. The van der Waals surface area contributed by atoms with Gasteiger partial charge < -0.3 is 14.6 Å². The largest absolute Gasteiger partial charge is 0.508 e. The Balaban J connectivity index is 2.15. The number of hydrogen-bond acceptors (Lipinski definition) is 5. The summed E-state index contributed by atoms with van der Waals surface area (Å²) in [5.41, 5.74) is 0.966. The number of aromatic hydroxyl groups is 1. The molecule has 145 valence electrons. The third kappa shape index (κ3) is 10.2. The van der Waals surface area contributed by atoms with E-state index >= 15 is 0 Å². The predicted molar refractivity (Wildman–Crippen MR) is 103 cm³/mol. The number of phenolic OH excluding ortho intramolecular Hbond substituents is 1. The summed E-state index contributed by atoms with van der Waals surface area (Å²) in [5, 5.41) is 12.5. The van der Waals surface area contributed by atoms with Gasteiger partial charge in [0.25, 0.3) is 0 Å². The zero-order valence-corrected chi connectivity index (χ0v) is 15.8. The van der Waals surface area contributed by atoms with Gasteiger partial charge in [0, 0.05) is 13.0 Å². The third-order valence-electron chi connectivity index (χ3n) is 4.35. The number of hydrogen-bond donors (Lipinski definition) is 2. The maximum Gasteiger partial charge on any atom is 0.323 e. The zero-order chi connectivity index (χ0) is 19.0. The lowest BCUT2D eigenvalue weighted by Crippen LogP contribution is -2.37. The van der Waals surface area contributed by atoms with E-state index in [0.29, 0.717) is 12.8 Å². The number of carbonyl (C=O) groups excluding carboxylic acids is 2. The van der Waals surface area contributed by atoms with Crippen molar-refractivity contribution in [3.63, 3.8) is 0 Å². The van der Waals surface area contributed by atoms with Crippen LogP contribution in [0.1, 0.15) is 63.4 Å². The number of methoxy groups -OCH3 is 1. The molecule has 1 unspecified atom stereocenters. The van der Waals surface area contributed by atoms with Gasteiger partial charge in [0.1, 0.15) is 18.1 Å². The second kappa shape index (κ2) is 14.3. The average molecular weight is 362 g/mol. The molecule has 0 aliphatic heterocycles. The highest BCUT2D eigenvalue weighted by Crippen LogP contribution is 2.13. The number of unbranched alkanes of at least 4 members (excludes halogenated alkanes) is 8. The van der Waals surface area contributed by atoms with Crippen molar-refractivity contribution >= 4 is 12.3 Å². The van der Waals surface area contributed by atoms with Crippen LogP contribution in [-0.4, -0.2) is 30.5 Å². The number of esters is 1. The van der Waals surface area contributed by atoms with Crippen LogP contribution in [0.15, 0.2) is 24.3 Å². The molecule has 1 rings (SSSR count). The maximum atomic E-state index is 11.9. The van der Waals surface area contributed by atoms with Crippen LogP contribution in [0.5, 0.6) is 5.75 Å². The molecule has 0 aliphatic carbocycles. The predicted octanol–water partition coefficient (Wildman–Crippen LogP) is 3.94. The molecule has 2 N–H and O–H groups in total. The second-order valence-corrected chi connectivity index (χ2v) is 6.54. The lowest BCUT2D eigenvalue weighted by molar-refractivity contribution is -0.142. The third-order valence-corrected chi connectivity index (χ3v) is 4.35. The van der Waals surface area contributed by atoms with Crippen LogP contribution in [-0.2, 0) is 20.7 Å². The van der Waals surface area contributed by atoms with Crippen molar-refractivity contribution in [1.82, 2.24) is 5.32 Å². The fraction of sp³-hybridized carbons (Fsp3) is 0.571. The molecule has 0 fully saturated rings. The molecule has 0 saturated carbocycles. The van der Waals surface area contributed by atoms with Gasteiger partial charge in [-0.05, 0) is 37.0 Å². The lowest BCUT2D eigenvalue weighted by atomic mass is 10.0. The normalized spacial score (nSPS) is 11.9. The summed E-state index contributed by atoms with van der Waals surface area (Å²) in [6.45, 7) is 1.95. The molecule has 0 spiro atoms. The van der Waals surface area contributed by atoms with E-state index in [1.807, 2.05) is 18.7 Å². The summed E-state index contributed by atoms with van der Waals surface area (Å²) in [6, 6.07) is 6.44. The Labute approximate surface area is 157 Å². The van der Waals surface area contributed by atoms with Crippen LogP contribution >= 0.6 is 0 Å². The Kier molecular flexibility index (Phi) is 12.2. The lowest BCUT2D eigenvalue weighted by Gasteiger charge is -2.16. The SMILES string of the molecule is COC(=O)C(Cc1ccc(O)cc1)N[CH]CCCCCCCCCC=O. The van der Waals surface area contributed by atoms with E-state index in [2.05, 4.69) is 5.32 Å². The highest BCUT2D eigenvalue weighted by molar-refractivity contribution is 5.76. The van der Waals surface area contributed by atoms with Crippen molar-refractivity contribution in [2.75, 3.05) is 7.11 Å². The van der Waals surface area contributed by atoms with E-state index < -0.39 is 6.04 Å². The van der Waals surface area contributed by atoms with Gasteiger partial charge >= 0.3 is 5.97 Å². The first-order valence-corrected chi connectivity index (χ1v) is 9.54. The number of aldehydes is 1. The van der Waals surface area contributed by atoms with Gasteiger partial charge in [0.2, 0.25) is 0 Å². The van der Waals surface area contributed by atoms with Crippen LogP contribution in [0.4, 0.5) is 0 Å². The van der Waals surface area contributed by atoms with Crippen molar-refractivity contribution in [1.29, 1.82) is 0 Å². The maximum absolute atomic E-state index is 11.9. The van der Waals surface area contributed by atoms with E-state index in [-0.39, 0.29) is 11.7 Å². The van der Waals surface area contributed by atoms with Gasteiger partial charge in [-0.25, -0.2) is 0 Å². The molecular formula is C21H32NO4. The van der Waals surface area contributed by atoms with Gasteiger partial charge in [0.05, 0.1) is 7.11 Å². The number of rotatable bonds is 15. The van der Waals surface area contributed by atoms with Crippen LogP contribution in [0.25, 0.3) is 0 Å². The average Bonchev–Trinajstić information content (AvgIpc) is 2.66. The Hall–Kier alpha value is -1.88. The molecule has 1 aromatic carbocycles. The van der Waals surface area contributed by atoms with Gasteiger partial charge in [-0.1, -0.05) is 50.7 Å². The summed E-state index contributed by atoms with van der Waals surface area (Å²) in [6.07, 6.45) is 11.2. The Morgan fingerprint density at radius 2 is 1.62 bits per heavy atom. The van der Waals surface area contributed by atoms with Gasteiger partial charge in [0.15, 0.2) is 0 Å². The fourth-order valence-corrected chi connectivity index (χ4v) is 2.80. The highest BCUT2D eigenvalue weighted by atomic mass is 16.5. The first-order valence-electron chi connectivity index (χ1n) is 9.54. The van der Waals surface area contributed by atoms with E-state index in [9.17, 15) is 14.7 Å². The second-order valence-electron chi connectivity index (χ2n) is 6.54. The number of phenols is 1. The Morgan fingerprint density at radius 3 is 2.19 bits per heavy atom. The molecule has 1 radical (unpaired) electrons. The van der Waals surface area contributed by atoms with Crippen molar-refractivity contribution in [3.05, 3.63) is 36.4 Å². The van der Waals surface area contributed by atoms with Crippen molar-refractivity contribution in [2.45, 2.75) is 70.3 Å². The molecular weight excluding hydrogens is 330 g/mol. The van der Waals surface area contributed by atoms with Crippen molar-refractivity contribution < 1.29 is 19.4 Å². The number of carbonyl (C=O) groups is 2. The topological polar surface area (TPSA) is 75.6 Å². The first-order chi connectivity index (χ1) is 12.7. The van der Waals surface area contributed by atoms with Crippen LogP contribution in [0.3, 0.4) is 0 Å². The summed E-state index contributed by atoms with van der Waals surface area (Å²) in [5.74, 6) is -0.0729. The molecule has 26 heavy (non-hydrogen) atoms. The molecule has 0 aliphatic rings. The van der Waals surface area contributed by atoms with E-state index in [0.717, 1.165) is 37.5 Å². The number of benzene rings is 1. The van der Waals surface area contributed by atoms with Crippen molar-refractivity contribution in [2.24, 2.45) is 0 Å². The van der Waals surface area contributed by atoms with E-state index in [4.69, 9.17) is 4.74 Å². The minimum absolute atomic E-state index is 0.214. The van der Waals surface area contributed by atoms with Gasteiger partial charge in [-0.2, -0.15) is 0 Å². The van der Waals surface area contributed by atoms with Gasteiger partial charge in [-0.15, -0.1) is 0 Å². The van der Waals surface area contributed by atoms with Crippen LogP contribution in [0, 0.1) is 6.54 Å². The summed E-state index contributed by atoms with van der Waals surface area (Å²) >= 11 is 0. The van der Waals surface area contributed by atoms with E-state index in [1.54, 1.807) is 12.1 Å². The molecule has 0 aromatic heterocycles. The minimum Gasteiger partial charge on any atom is -0.508 e. The van der Waals surface area contributed by atoms with E-state index in [1.165, 1.54) is 32.8 Å². The zero-order valence-electron chi connectivity index (χ0n) is 15.8. The van der Waals surface area contributed by atoms with Gasteiger partial charge in [-0.3, -0.25) is 10.1 Å². The molecule has 0 saturated heterocycles. The molecule has 1 atom stereocenters. The summed E-state index contributed by atoms with van der Waals surface area (Å²) in [4.78, 5) is 22.1. The van der Waals surface area contributed by atoms with Crippen LogP contribution in [0.2, 0.25) is 0 Å². The number of nitrogens with one attached hydrogen (secondary N) is 1. The first kappa shape index (κ1) is 22.2. The Bertz CT molecular complexity index is 501. The van der Waals surface area contributed by atoms with Crippen LogP contribution < -0.4 is 5.32 Å². The fourth-order valence-electron chi connectivity index (χ4n) is 2.80. The molecule has 0 heterocycles. The standard InChI is InChI=1S/C21H32NO4/c1-26-21(25)20(17-18-11-13-19(24)14-12-18)22-15-9-7-5-3-2-4-6-8-10-16-23/h11-16,20,22,24H,2-10,17H2,1H3.